The first-order chi connectivity index (χ1) is 14.7. The molecule has 2 aliphatic rings. The van der Waals surface area contributed by atoms with Gasteiger partial charge in [0.2, 0.25) is 5.91 Å². The highest BCUT2D eigenvalue weighted by Crippen LogP contribution is 2.40. The molecule has 0 radical (unpaired) electrons. The highest BCUT2D eigenvalue weighted by atomic mass is 32.2. The van der Waals surface area contributed by atoms with Crippen molar-refractivity contribution in [3.05, 3.63) is 48.2 Å². The third kappa shape index (κ3) is 4.02. The fourth-order valence-corrected chi connectivity index (χ4v) is 4.17. The van der Waals surface area contributed by atoms with Crippen molar-refractivity contribution in [3.8, 4) is 11.5 Å². The summed E-state index contributed by atoms with van der Waals surface area (Å²) < 4.78 is 18.7. The van der Waals surface area contributed by atoms with Crippen LogP contribution in [0.5, 0.6) is 11.5 Å². The summed E-state index contributed by atoms with van der Waals surface area (Å²) in [7, 11) is 0. The van der Waals surface area contributed by atoms with Crippen LogP contribution >= 0.6 is 11.8 Å². The highest BCUT2D eigenvalue weighted by Gasteiger charge is 2.31. The molecule has 30 heavy (non-hydrogen) atoms. The predicted octanol–water partition coefficient (Wildman–Crippen LogP) is 3.69. The highest BCUT2D eigenvalue weighted by molar-refractivity contribution is 8.00. The first-order valence-electron chi connectivity index (χ1n) is 10.00. The zero-order valence-corrected chi connectivity index (χ0v) is 17.4. The Hall–Kier alpha value is -2.94. The summed E-state index contributed by atoms with van der Waals surface area (Å²) in [5.74, 6) is 3.48. The van der Waals surface area contributed by atoms with Crippen LogP contribution < -0.4 is 14.8 Å². The van der Waals surface area contributed by atoms with Gasteiger partial charge < -0.3 is 19.2 Å². The predicted molar refractivity (Wildman–Crippen MR) is 111 cm³/mol. The van der Waals surface area contributed by atoms with Crippen LogP contribution in [0.3, 0.4) is 0 Å². The summed E-state index contributed by atoms with van der Waals surface area (Å²) in [6, 6.07) is 9.21. The van der Waals surface area contributed by atoms with Gasteiger partial charge in [-0.05, 0) is 44.0 Å². The van der Waals surface area contributed by atoms with Gasteiger partial charge in [0.25, 0.3) is 0 Å². The summed E-state index contributed by atoms with van der Waals surface area (Å²) in [5, 5.41) is 12.1. The molecule has 1 aromatic carbocycles. The number of amides is 1. The number of aromatic nitrogens is 3. The third-order valence-corrected chi connectivity index (χ3v) is 6.12. The SMILES string of the molecule is CC(Sc1nnc(C2CC2)n1Cc1ccco1)C(=O)Nc1ccc2c(c1)OCCO2. The van der Waals surface area contributed by atoms with E-state index in [1.807, 2.05) is 31.2 Å². The van der Waals surface area contributed by atoms with Crippen LogP contribution in [0.2, 0.25) is 0 Å². The van der Waals surface area contributed by atoms with Crippen LogP contribution in [0.15, 0.2) is 46.2 Å². The van der Waals surface area contributed by atoms with Crippen LogP contribution in [-0.4, -0.2) is 39.1 Å². The minimum absolute atomic E-state index is 0.114. The Labute approximate surface area is 178 Å². The smallest absolute Gasteiger partial charge is 0.237 e. The number of furan rings is 1. The van der Waals surface area contributed by atoms with Gasteiger partial charge in [-0.25, -0.2) is 0 Å². The second-order valence-electron chi connectivity index (χ2n) is 7.39. The molecule has 1 aliphatic heterocycles. The van der Waals surface area contributed by atoms with Crippen molar-refractivity contribution in [2.24, 2.45) is 0 Å². The van der Waals surface area contributed by atoms with Crippen molar-refractivity contribution in [2.45, 2.75) is 42.6 Å². The van der Waals surface area contributed by atoms with E-state index < -0.39 is 0 Å². The summed E-state index contributed by atoms with van der Waals surface area (Å²) >= 11 is 1.39. The lowest BCUT2D eigenvalue weighted by Gasteiger charge is -2.19. The number of nitrogens with zero attached hydrogens (tertiary/aromatic N) is 3. The Bertz CT molecular complexity index is 1050. The van der Waals surface area contributed by atoms with E-state index in [9.17, 15) is 4.79 Å². The lowest BCUT2D eigenvalue weighted by molar-refractivity contribution is -0.115. The summed E-state index contributed by atoms with van der Waals surface area (Å²) in [6.07, 6.45) is 3.91. The average Bonchev–Trinajstić information content (AvgIpc) is 3.33. The Balaban J connectivity index is 1.29. The minimum Gasteiger partial charge on any atom is -0.486 e. The third-order valence-electron chi connectivity index (χ3n) is 5.04. The molecule has 0 spiro atoms. The molecule has 1 atom stereocenters. The number of hydrogen-bond donors (Lipinski definition) is 1. The van der Waals surface area contributed by atoms with Crippen LogP contribution in [0.1, 0.15) is 37.3 Å². The van der Waals surface area contributed by atoms with Crippen LogP contribution in [0.4, 0.5) is 5.69 Å². The number of rotatable bonds is 7. The van der Waals surface area contributed by atoms with E-state index >= 15 is 0 Å². The summed E-state index contributed by atoms with van der Waals surface area (Å²) in [4.78, 5) is 12.8. The molecule has 1 amide bonds. The molecular formula is C21H22N4O4S. The molecule has 1 saturated carbocycles. The maximum atomic E-state index is 12.8. The van der Waals surface area contributed by atoms with Gasteiger partial charge in [-0.1, -0.05) is 11.8 Å². The van der Waals surface area contributed by atoms with Gasteiger partial charge in [0.15, 0.2) is 16.7 Å². The summed E-state index contributed by atoms with van der Waals surface area (Å²) in [5.41, 5.74) is 0.674. The molecule has 1 aliphatic carbocycles. The van der Waals surface area contributed by atoms with Crippen molar-refractivity contribution in [1.29, 1.82) is 0 Å². The molecule has 0 saturated heterocycles. The fraction of sp³-hybridized carbons (Fsp3) is 0.381. The zero-order chi connectivity index (χ0) is 20.5. The number of anilines is 1. The second kappa shape index (κ2) is 8.06. The van der Waals surface area contributed by atoms with E-state index in [2.05, 4.69) is 20.1 Å². The lowest BCUT2D eigenvalue weighted by atomic mass is 10.2. The van der Waals surface area contributed by atoms with Crippen LogP contribution in [-0.2, 0) is 11.3 Å². The Morgan fingerprint density at radius 3 is 2.83 bits per heavy atom. The van der Waals surface area contributed by atoms with Gasteiger partial charge in [0, 0.05) is 17.7 Å². The van der Waals surface area contributed by atoms with Gasteiger partial charge in [-0.2, -0.15) is 0 Å². The standard InChI is InChI=1S/C21H22N4O4S/c1-13(20(26)22-15-6-7-17-18(11-15)29-10-9-28-17)30-21-24-23-19(14-4-5-14)25(21)12-16-3-2-8-27-16/h2-3,6-8,11,13-14H,4-5,9-10,12H2,1H3,(H,22,26). The number of nitrogens with one attached hydrogen (secondary N) is 1. The quantitative estimate of drug-likeness (QED) is 0.576. The van der Waals surface area contributed by atoms with Crippen molar-refractivity contribution < 1.29 is 18.7 Å². The Morgan fingerprint density at radius 1 is 1.23 bits per heavy atom. The van der Waals surface area contributed by atoms with Crippen LogP contribution in [0, 0.1) is 0 Å². The Morgan fingerprint density at radius 2 is 2.07 bits per heavy atom. The van der Waals surface area contributed by atoms with Crippen molar-refractivity contribution >= 4 is 23.4 Å². The summed E-state index contributed by atoms with van der Waals surface area (Å²) in [6.45, 7) is 3.46. The van der Waals surface area contributed by atoms with Gasteiger partial charge >= 0.3 is 0 Å². The topological polar surface area (TPSA) is 91.4 Å². The van der Waals surface area contributed by atoms with Crippen molar-refractivity contribution in [2.75, 3.05) is 18.5 Å². The molecule has 2 aromatic heterocycles. The van der Waals surface area contributed by atoms with Gasteiger partial charge in [-0.3, -0.25) is 9.36 Å². The molecule has 156 valence electrons. The van der Waals surface area contributed by atoms with Crippen LogP contribution in [0.25, 0.3) is 0 Å². The maximum absolute atomic E-state index is 12.8. The van der Waals surface area contributed by atoms with E-state index in [4.69, 9.17) is 13.9 Å². The first kappa shape index (κ1) is 19.0. The normalized spacial score (nSPS) is 16.3. The molecule has 3 aromatic rings. The zero-order valence-electron chi connectivity index (χ0n) is 16.5. The average molecular weight is 426 g/mol. The molecule has 0 bridgehead atoms. The monoisotopic (exact) mass is 426 g/mol. The number of ether oxygens (including phenoxy) is 2. The maximum Gasteiger partial charge on any atom is 0.237 e. The molecule has 5 rings (SSSR count). The van der Waals surface area contributed by atoms with Crippen molar-refractivity contribution in [1.82, 2.24) is 14.8 Å². The molecular weight excluding hydrogens is 404 g/mol. The van der Waals surface area contributed by atoms with E-state index in [0.29, 0.717) is 42.9 Å². The molecule has 3 heterocycles. The first-order valence-corrected chi connectivity index (χ1v) is 10.9. The second-order valence-corrected chi connectivity index (χ2v) is 8.70. The number of carbonyl (C=O) groups excluding carboxylic acids is 1. The molecule has 9 heteroatoms. The molecule has 1 fully saturated rings. The van der Waals surface area contributed by atoms with Gasteiger partial charge in [0.1, 0.15) is 24.8 Å². The number of fused-ring (bicyclic) bond motifs is 1. The van der Waals surface area contributed by atoms with E-state index in [1.165, 1.54) is 11.8 Å². The Kier molecular flexibility index (Phi) is 5.12. The van der Waals surface area contributed by atoms with E-state index in [-0.39, 0.29) is 11.2 Å². The van der Waals surface area contributed by atoms with E-state index in [0.717, 1.165) is 29.6 Å². The number of thioether (sulfide) groups is 1. The molecule has 1 N–H and O–H groups in total. The lowest BCUT2D eigenvalue weighted by Crippen LogP contribution is -2.23. The van der Waals surface area contributed by atoms with Gasteiger partial charge in [-0.15, -0.1) is 10.2 Å². The minimum atomic E-state index is -0.357. The fourth-order valence-electron chi connectivity index (χ4n) is 3.31. The number of hydrogen-bond acceptors (Lipinski definition) is 7. The van der Waals surface area contributed by atoms with Crippen molar-refractivity contribution in [3.63, 3.8) is 0 Å². The molecule has 1 unspecified atom stereocenters. The number of carbonyl (C=O) groups is 1. The molecule has 8 nitrogen and oxygen atoms in total. The number of benzene rings is 1. The van der Waals surface area contributed by atoms with Gasteiger partial charge in [0.05, 0.1) is 18.1 Å². The van der Waals surface area contributed by atoms with E-state index in [1.54, 1.807) is 12.3 Å². The largest absolute Gasteiger partial charge is 0.486 e.